The highest BCUT2D eigenvalue weighted by Gasteiger charge is 2.05. The molecule has 0 aliphatic rings. The van der Waals surface area contributed by atoms with Gasteiger partial charge in [-0.05, 0) is 25.6 Å². The number of aromatic nitrogens is 1. The number of nitrogens with zero attached hydrogens (tertiary/aromatic N) is 2. The van der Waals surface area contributed by atoms with Crippen molar-refractivity contribution in [1.29, 1.82) is 0 Å². The Hall–Kier alpha value is -0.900. The second-order valence-electron chi connectivity index (χ2n) is 4.71. The summed E-state index contributed by atoms with van der Waals surface area (Å²) in [6.45, 7) is 4.34. The molecule has 102 valence electrons. The Morgan fingerprint density at radius 3 is 2.58 bits per heavy atom. The van der Waals surface area contributed by atoms with Crippen LogP contribution in [0.3, 0.4) is 0 Å². The Kier molecular flexibility index (Phi) is 5.37. The van der Waals surface area contributed by atoms with Gasteiger partial charge in [0.1, 0.15) is 5.01 Å². The smallest absolute Gasteiger partial charge is 0.123 e. The molecule has 1 heterocycles. The number of alkyl halides is 1. The molecule has 2 nitrogen and oxygen atoms in total. The summed E-state index contributed by atoms with van der Waals surface area (Å²) in [7, 11) is 2.16. The number of thiazole rings is 1. The van der Waals surface area contributed by atoms with Crippen LogP contribution in [0.1, 0.15) is 24.6 Å². The molecule has 0 saturated carbocycles. The predicted octanol–water partition coefficient (Wildman–Crippen LogP) is 4.39. The van der Waals surface area contributed by atoms with Crippen LogP contribution in [0.4, 0.5) is 0 Å². The Balaban J connectivity index is 2.05. The maximum Gasteiger partial charge on any atom is 0.123 e. The van der Waals surface area contributed by atoms with Crippen LogP contribution in [0.2, 0.25) is 0 Å². The summed E-state index contributed by atoms with van der Waals surface area (Å²) in [6.07, 6.45) is 1.19. The lowest BCUT2D eigenvalue weighted by Gasteiger charge is -2.15. The summed E-state index contributed by atoms with van der Waals surface area (Å²) in [5.74, 6) is 0.483. The molecule has 0 atom stereocenters. The van der Waals surface area contributed by atoms with Gasteiger partial charge in [0.25, 0.3) is 0 Å². The first-order valence-electron chi connectivity index (χ1n) is 6.51. The average molecular weight is 295 g/mol. The van der Waals surface area contributed by atoms with E-state index in [2.05, 4.69) is 48.1 Å². The van der Waals surface area contributed by atoms with Crippen molar-refractivity contribution in [2.75, 3.05) is 13.6 Å². The van der Waals surface area contributed by atoms with Crippen molar-refractivity contribution in [3.63, 3.8) is 0 Å². The van der Waals surface area contributed by atoms with Crippen LogP contribution in [0.25, 0.3) is 10.6 Å². The predicted molar refractivity (Wildman–Crippen MR) is 83.7 cm³/mol. The van der Waals surface area contributed by atoms with Gasteiger partial charge in [0.05, 0.1) is 11.6 Å². The fourth-order valence-electron chi connectivity index (χ4n) is 2.03. The van der Waals surface area contributed by atoms with Crippen molar-refractivity contribution in [3.05, 3.63) is 40.9 Å². The molecule has 1 aromatic carbocycles. The van der Waals surface area contributed by atoms with E-state index in [-0.39, 0.29) is 0 Å². The Bertz CT molecular complexity index is 507. The van der Waals surface area contributed by atoms with Crippen molar-refractivity contribution in [2.45, 2.75) is 25.8 Å². The Morgan fingerprint density at radius 2 is 2.00 bits per heavy atom. The summed E-state index contributed by atoms with van der Waals surface area (Å²) in [4.78, 5) is 6.83. The third-order valence-electron chi connectivity index (χ3n) is 2.95. The molecule has 0 bridgehead atoms. The zero-order valence-electron chi connectivity index (χ0n) is 11.4. The first-order valence-corrected chi connectivity index (χ1v) is 7.92. The van der Waals surface area contributed by atoms with Crippen molar-refractivity contribution < 1.29 is 0 Å². The SMILES string of the molecule is CCCN(C)Cc1ccc(-c2nc(CCl)cs2)cc1. The second kappa shape index (κ2) is 7.04. The fourth-order valence-corrected chi connectivity index (χ4v) is 3.08. The monoisotopic (exact) mass is 294 g/mol. The quantitative estimate of drug-likeness (QED) is 0.735. The number of hydrogen-bond donors (Lipinski definition) is 0. The van der Waals surface area contributed by atoms with E-state index < -0.39 is 0 Å². The van der Waals surface area contributed by atoms with Crippen LogP contribution >= 0.6 is 22.9 Å². The van der Waals surface area contributed by atoms with Gasteiger partial charge in [-0.25, -0.2) is 4.98 Å². The molecule has 2 rings (SSSR count). The van der Waals surface area contributed by atoms with Crippen LogP contribution in [-0.2, 0) is 12.4 Å². The van der Waals surface area contributed by atoms with Gasteiger partial charge in [-0.1, -0.05) is 31.2 Å². The third-order valence-corrected chi connectivity index (χ3v) is 4.16. The molecule has 0 aliphatic heterocycles. The molecule has 0 fully saturated rings. The summed E-state index contributed by atoms with van der Waals surface area (Å²) < 4.78 is 0. The number of halogens is 1. The summed E-state index contributed by atoms with van der Waals surface area (Å²) >= 11 is 7.43. The Morgan fingerprint density at radius 1 is 1.26 bits per heavy atom. The highest BCUT2D eigenvalue weighted by Crippen LogP contribution is 2.24. The molecule has 1 aromatic heterocycles. The van der Waals surface area contributed by atoms with E-state index >= 15 is 0 Å². The maximum absolute atomic E-state index is 5.78. The van der Waals surface area contributed by atoms with E-state index in [1.165, 1.54) is 17.5 Å². The topological polar surface area (TPSA) is 16.1 Å². The fraction of sp³-hybridized carbons (Fsp3) is 0.400. The van der Waals surface area contributed by atoms with E-state index in [4.69, 9.17) is 11.6 Å². The van der Waals surface area contributed by atoms with Gasteiger partial charge >= 0.3 is 0 Å². The van der Waals surface area contributed by atoms with Gasteiger partial charge in [0.15, 0.2) is 0 Å². The maximum atomic E-state index is 5.78. The first-order chi connectivity index (χ1) is 9.22. The largest absolute Gasteiger partial charge is 0.302 e. The number of hydrogen-bond acceptors (Lipinski definition) is 3. The zero-order chi connectivity index (χ0) is 13.7. The average Bonchev–Trinajstić information content (AvgIpc) is 2.88. The summed E-state index contributed by atoms with van der Waals surface area (Å²) in [5.41, 5.74) is 3.46. The standard InChI is InChI=1S/C15H19ClN2S/c1-3-8-18(2)10-12-4-6-13(7-5-12)15-17-14(9-16)11-19-15/h4-7,11H,3,8-10H2,1-2H3. The van der Waals surface area contributed by atoms with Crippen LogP contribution in [0.15, 0.2) is 29.6 Å². The summed E-state index contributed by atoms with van der Waals surface area (Å²) in [6, 6.07) is 8.66. The van der Waals surface area contributed by atoms with Crippen molar-refractivity contribution in [3.8, 4) is 10.6 Å². The van der Waals surface area contributed by atoms with Crippen LogP contribution in [0, 0.1) is 0 Å². The highest BCUT2D eigenvalue weighted by atomic mass is 35.5. The third kappa shape index (κ3) is 4.03. The van der Waals surface area contributed by atoms with E-state index in [0.29, 0.717) is 5.88 Å². The highest BCUT2D eigenvalue weighted by molar-refractivity contribution is 7.13. The van der Waals surface area contributed by atoms with Gasteiger partial charge in [-0.3, -0.25) is 0 Å². The molecular formula is C15H19ClN2S. The molecule has 19 heavy (non-hydrogen) atoms. The van der Waals surface area contributed by atoms with Crippen LogP contribution in [0.5, 0.6) is 0 Å². The van der Waals surface area contributed by atoms with Crippen molar-refractivity contribution in [2.24, 2.45) is 0 Å². The molecule has 2 aromatic rings. The van der Waals surface area contributed by atoms with Gasteiger partial charge in [-0.2, -0.15) is 0 Å². The van der Waals surface area contributed by atoms with E-state index in [0.717, 1.165) is 23.8 Å². The van der Waals surface area contributed by atoms with E-state index in [1.807, 2.05) is 5.38 Å². The van der Waals surface area contributed by atoms with Gasteiger partial charge in [0, 0.05) is 17.5 Å². The van der Waals surface area contributed by atoms with E-state index in [1.54, 1.807) is 11.3 Å². The molecule has 0 N–H and O–H groups in total. The minimum atomic E-state index is 0.483. The summed E-state index contributed by atoms with van der Waals surface area (Å²) in [5, 5.41) is 3.06. The lowest BCUT2D eigenvalue weighted by molar-refractivity contribution is 0.327. The molecule has 4 heteroatoms. The zero-order valence-corrected chi connectivity index (χ0v) is 13.0. The molecular weight excluding hydrogens is 276 g/mol. The molecule has 0 aliphatic carbocycles. The second-order valence-corrected chi connectivity index (χ2v) is 5.84. The first kappa shape index (κ1) is 14.5. The van der Waals surface area contributed by atoms with Crippen molar-refractivity contribution >= 4 is 22.9 Å². The lowest BCUT2D eigenvalue weighted by atomic mass is 10.1. The normalized spacial score (nSPS) is 11.2. The van der Waals surface area contributed by atoms with E-state index in [9.17, 15) is 0 Å². The molecule has 0 radical (unpaired) electrons. The molecule has 0 spiro atoms. The molecule has 0 unspecified atom stereocenters. The molecule has 0 amide bonds. The van der Waals surface area contributed by atoms with Gasteiger partial charge in [0.2, 0.25) is 0 Å². The minimum Gasteiger partial charge on any atom is -0.302 e. The van der Waals surface area contributed by atoms with Crippen molar-refractivity contribution in [1.82, 2.24) is 9.88 Å². The van der Waals surface area contributed by atoms with Crippen LogP contribution < -0.4 is 0 Å². The molecule has 0 saturated heterocycles. The Labute approximate surface area is 124 Å². The van der Waals surface area contributed by atoms with Crippen LogP contribution in [-0.4, -0.2) is 23.5 Å². The number of rotatable bonds is 6. The lowest BCUT2D eigenvalue weighted by Crippen LogP contribution is -2.18. The minimum absolute atomic E-state index is 0.483. The van der Waals surface area contributed by atoms with Gasteiger partial charge in [-0.15, -0.1) is 22.9 Å². The number of benzene rings is 1. The van der Waals surface area contributed by atoms with Gasteiger partial charge < -0.3 is 4.90 Å².